The van der Waals surface area contributed by atoms with Crippen LogP contribution in [0.2, 0.25) is 5.02 Å². The molecular formula is C17H13ClO6. The van der Waals surface area contributed by atoms with Gasteiger partial charge in [0, 0.05) is 10.6 Å². The molecule has 0 N–H and O–H groups in total. The van der Waals surface area contributed by atoms with E-state index in [4.69, 9.17) is 25.5 Å². The van der Waals surface area contributed by atoms with Crippen LogP contribution in [0.15, 0.2) is 40.5 Å². The lowest BCUT2D eigenvalue weighted by molar-refractivity contribution is -0.141. The van der Waals surface area contributed by atoms with Crippen LogP contribution in [0.25, 0.3) is 6.08 Å². The van der Waals surface area contributed by atoms with Crippen molar-refractivity contribution in [3.05, 3.63) is 58.0 Å². The third-order valence-electron chi connectivity index (χ3n) is 3.43. The van der Waals surface area contributed by atoms with E-state index >= 15 is 0 Å². The summed E-state index contributed by atoms with van der Waals surface area (Å²) in [7, 11) is 1.26. The Hall–Kier alpha value is -2.73. The number of esters is 2. The molecule has 1 aromatic carbocycles. The minimum absolute atomic E-state index is 0.0927. The van der Waals surface area contributed by atoms with Crippen LogP contribution in [0.3, 0.4) is 0 Å². The lowest BCUT2D eigenvalue weighted by Crippen LogP contribution is -2.17. The van der Waals surface area contributed by atoms with Crippen LogP contribution < -0.4 is 4.74 Å². The third kappa shape index (κ3) is 3.28. The van der Waals surface area contributed by atoms with Gasteiger partial charge in [-0.1, -0.05) is 11.6 Å². The topological polar surface area (TPSA) is 75.0 Å². The second-order valence-corrected chi connectivity index (χ2v) is 5.40. The van der Waals surface area contributed by atoms with Gasteiger partial charge >= 0.3 is 11.9 Å². The number of hydrogen-bond donors (Lipinski definition) is 0. The fraction of sp³-hybridized carbons (Fsp3) is 0.176. The molecule has 7 heteroatoms. The highest BCUT2D eigenvalue weighted by atomic mass is 35.5. The molecule has 1 aliphatic rings. The maximum Gasteiger partial charge on any atom is 0.341 e. The lowest BCUT2D eigenvalue weighted by atomic mass is 10.1. The maximum atomic E-state index is 12.2. The van der Waals surface area contributed by atoms with Crippen molar-refractivity contribution in [2.24, 2.45) is 0 Å². The van der Waals surface area contributed by atoms with Crippen LogP contribution in [0, 0.1) is 0 Å². The highest BCUT2D eigenvalue weighted by molar-refractivity contribution is 6.30. The van der Waals surface area contributed by atoms with Crippen LogP contribution in [-0.2, 0) is 20.9 Å². The molecule has 124 valence electrons. The van der Waals surface area contributed by atoms with Crippen LogP contribution in [0.5, 0.6) is 5.75 Å². The Bertz CT molecular complexity index is 820. The van der Waals surface area contributed by atoms with Gasteiger partial charge in [0.1, 0.15) is 17.9 Å². The van der Waals surface area contributed by atoms with Crippen molar-refractivity contribution in [3.63, 3.8) is 0 Å². The summed E-state index contributed by atoms with van der Waals surface area (Å²) in [6.45, 7) is -0.0918. The Labute approximate surface area is 142 Å². The number of rotatable bonds is 4. The fourth-order valence-corrected chi connectivity index (χ4v) is 2.41. The highest BCUT2D eigenvalue weighted by Crippen LogP contribution is 2.29. The summed E-state index contributed by atoms with van der Waals surface area (Å²) in [6.07, 6.45) is 2.99. The molecule has 0 bridgehead atoms. The van der Waals surface area contributed by atoms with Gasteiger partial charge in [-0.15, -0.1) is 0 Å². The Morgan fingerprint density at radius 1 is 1.25 bits per heavy atom. The molecule has 0 unspecified atom stereocenters. The van der Waals surface area contributed by atoms with E-state index in [-0.39, 0.29) is 24.5 Å². The number of halogens is 1. The van der Waals surface area contributed by atoms with E-state index in [0.29, 0.717) is 21.9 Å². The van der Waals surface area contributed by atoms with Crippen molar-refractivity contribution in [2.45, 2.75) is 6.61 Å². The molecule has 0 amide bonds. The zero-order chi connectivity index (χ0) is 17.1. The molecule has 0 spiro atoms. The Morgan fingerprint density at radius 2 is 2.08 bits per heavy atom. The Kier molecular flexibility index (Phi) is 4.57. The van der Waals surface area contributed by atoms with Crippen LogP contribution in [-0.4, -0.2) is 25.7 Å². The molecule has 2 aromatic rings. The van der Waals surface area contributed by atoms with Gasteiger partial charge in [-0.05, 0) is 30.3 Å². The number of ether oxygens (including phenoxy) is 3. The SMILES string of the molecule is COC(=O)c1ccoc1COC(=O)C1=Cc2cc(Cl)ccc2OC1. The minimum Gasteiger partial charge on any atom is -0.488 e. The van der Waals surface area contributed by atoms with Gasteiger partial charge in [0.2, 0.25) is 0 Å². The quantitative estimate of drug-likeness (QED) is 0.790. The van der Waals surface area contributed by atoms with Crippen molar-refractivity contribution in [3.8, 4) is 5.75 Å². The van der Waals surface area contributed by atoms with E-state index in [0.717, 1.165) is 0 Å². The largest absolute Gasteiger partial charge is 0.488 e. The monoisotopic (exact) mass is 348 g/mol. The summed E-state index contributed by atoms with van der Waals surface area (Å²) in [5.41, 5.74) is 1.26. The summed E-state index contributed by atoms with van der Waals surface area (Å²) < 4.78 is 20.5. The second-order valence-electron chi connectivity index (χ2n) is 4.97. The smallest absolute Gasteiger partial charge is 0.341 e. The minimum atomic E-state index is -0.562. The molecule has 0 saturated heterocycles. The summed E-state index contributed by atoms with van der Waals surface area (Å²) in [6, 6.07) is 6.60. The average Bonchev–Trinajstić information content (AvgIpc) is 3.06. The van der Waals surface area contributed by atoms with E-state index in [2.05, 4.69) is 4.74 Å². The van der Waals surface area contributed by atoms with Crippen molar-refractivity contribution in [1.29, 1.82) is 0 Å². The predicted molar refractivity (Wildman–Crippen MR) is 84.8 cm³/mol. The zero-order valence-corrected chi connectivity index (χ0v) is 13.5. The summed E-state index contributed by atoms with van der Waals surface area (Å²) in [5.74, 6) is -0.252. The van der Waals surface area contributed by atoms with E-state index < -0.39 is 11.9 Å². The number of carbonyl (C=O) groups is 2. The number of methoxy groups -OCH3 is 1. The number of hydrogen-bond acceptors (Lipinski definition) is 6. The maximum absolute atomic E-state index is 12.2. The number of fused-ring (bicyclic) bond motifs is 1. The predicted octanol–water partition coefficient (Wildman–Crippen LogP) is 3.24. The van der Waals surface area contributed by atoms with E-state index in [1.807, 2.05) is 0 Å². The Balaban J connectivity index is 1.70. The zero-order valence-electron chi connectivity index (χ0n) is 12.7. The highest BCUT2D eigenvalue weighted by Gasteiger charge is 2.21. The number of carbonyl (C=O) groups excluding carboxylic acids is 2. The first-order valence-corrected chi connectivity index (χ1v) is 7.41. The molecule has 6 nitrogen and oxygen atoms in total. The molecule has 24 heavy (non-hydrogen) atoms. The van der Waals surface area contributed by atoms with E-state index in [1.54, 1.807) is 24.3 Å². The molecule has 0 saturated carbocycles. The van der Waals surface area contributed by atoms with Crippen molar-refractivity contribution in [2.75, 3.05) is 13.7 Å². The first-order valence-electron chi connectivity index (χ1n) is 7.03. The van der Waals surface area contributed by atoms with Crippen molar-refractivity contribution in [1.82, 2.24) is 0 Å². The number of benzene rings is 1. The molecule has 0 radical (unpaired) electrons. The van der Waals surface area contributed by atoms with Crippen molar-refractivity contribution < 1.29 is 28.2 Å². The van der Waals surface area contributed by atoms with Crippen molar-refractivity contribution >= 4 is 29.6 Å². The summed E-state index contributed by atoms with van der Waals surface area (Å²) >= 11 is 5.94. The third-order valence-corrected chi connectivity index (χ3v) is 3.67. The molecule has 2 heterocycles. The molecular weight excluding hydrogens is 336 g/mol. The molecule has 0 fully saturated rings. The summed E-state index contributed by atoms with van der Waals surface area (Å²) in [5, 5.41) is 0.543. The van der Waals surface area contributed by atoms with Gasteiger partial charge in [-0.2, -0.15) is 0 Å². The van der Waals surface area contributed by atoms with Crippen LogP contribution in [0.4, 0.5) is 0 Å². The molecule has 0 aliphatic carbocycles. The van der Waals surface area contributed by atoms with Crippen LogP contribution in [0.1, 0.15) is 21.7 Å². The molecule has 3 rings (SSSR count). The van der Waals surface area contributed by atoms with E-state index in [1.165, 1.54) is 19.4 Å². The standard InChI is InChI=1S/C17H13ClO6/c1-21-17(20)13-4-5-22-15(13)9-24-16(19)11-6-10-7-12(18)2-3-14(10)23-8-11/h2-7H,8-9H2,1H3. The first kappa shape index (κ1) is 16.1. The molecule has 1 aromatic heterocycles. The molecule has 1 aliphatic heterocycles. The molecule has 0 atom stereocenters. The summed E-state index contributed by atoms with van der Waals surface area (Å²) in [4.78, 5) is 23.7. The van der Waals surface area contributed by atoms with Gasteiger partial charge in [0.25, 0.3) is 0 Å². The van der Waals surface area contributed by atoms with Gasteiger partial charge in [-0.25, -0.2) is 9.59 Å². The Morgan fingerprint density at radius 3 is 2.88 bits per heavy atom. The lowest BCUT2D eigenvalue weighted by Gasteiger charge is -2.17. The van der Waals surface area contributed by atoms with Gasteiger partial charge in [0.05, 0.1) is 18.9 Å². The normalized spacial score (nSPS) is 12.7. The van der Waals surface area contributed by atoms with Gasteiger partial charge < -0.3 is 18.6 Å². The first-order chi connectivity index (χ1) is 11.6. The van der Waals surface area contributed by atoms with Gasteiger partial charge in [-0.3, -0.25) is 0 Å². The van der Waals surface area contributed by atoms with Crippen LogP contribution >= 0.6 is 11.6 Å². The number of furan rings is 1. The fourth-order valence-electron chi connectivity index (χ4n) is 2.23. The average molecular weight is 349 g/mol. The van der Waals surface area contributed by atoms with E-state index in [9.17, 15) is 9.59 Å². The second kappa shape index (κ2) is 6.80. The van der Waals surface area contributed by atoms with Gasteiger partial charge in [0.15, 0.2) is 12.4 Å².